The van der Waals surface area contributed by atoms with Gasteiger partial charge in [-0.1, -0.05) is 60.7 Å². The molecule has 0 spiro atoms. The van der Waals surface area contributed by atoms with Crippen LogP contribution in [0.1, 0.15) is 20.7 Å². The van der Waals surface area contributed by atoms with Gasteiger partial charge in [-0.2, -0.15) is 0 Å². The second-order valence-electron chi connectivity index (χ2n) is 7.47. The Kier molecular flexibility index (Phi) is 7.01. The molecule has 4 aromatic carbocycles. The van der Waals surface area contributed by atoms with Crippen LogP contribution in [0.25, 0.3) is 0 Å². The lowest BCUT2D eigenvalue weighted by Crippen LogP contribution is -2.76. The van der Waals surface area contributed by atoms with Gasteiger partial charge in [0.1, 0.15) is 0 Å². The van der Waals surface area contributed by atoms with Crippen LogP contribution < -0.4 is 20.7 Å². The van der Waals surface area contributed by atoms with Gasteiger partial charge in [0.2, 0.25) is 0 Å². The Morgan fingerprint density at radius 3 is 1.27 bits per heavy atom. The Labute approximate surface area is 219 Å². The molecule has 0 atom stereocenters. The van der Waals surface area contributed by atoms with E-state index in [-0.39, 0.29) is 11.1 Å². The minimum atomic E-state index is -3.35. The molecule has 164 valence electrons. The number of carbonyl (C=O) groups is 2. The van der Waals surface area contributed by atoms with Gasteiger partial charge in [0, 0.05) is 7.14 Å². The Morgan fingerprint density at radius 1 is 0.576 bits per heavy atom. The van der Waals surface area contributed by atoms with Gasteiger partial charge in [-0.25, -0.2) is 9.59 Å². The molecule has 0 saturated heterocycles. The molecule has 4 aromatic rings. The summed E-state index contributed by atoms with van der Waals surface area (Å²) in [7, 11) is -3.35. The van der Waals surface area contributed by atoms with Gasteiger partial charge in [0.25, 0.3) is 0 Å². The molecule has 0 aliphatic rings. The molecule has 33 heavy (non-hydrogen) atoms. The zero-order chi connectivity index (χ0) is 23.6. The van der Waals surface area contributed by atoms with Gasteiger partial charge in [-0.05, 0) is 102 Å². The molecule has 0 aliphatic carbocycles. The first-order valence-corrected chi connectivity index (χ1v) is 14.2. The van der Waals surface area contributed by atoms with Crippen LogP contribution in [-0.2, 0) is 0 Å². The Bertz CT molecular complexity index is 1240. The maximum absolute atomic E-state index is 12.5. The summed E-state index contributed by atoms with van der Waals surface area (Å²) in [6.07, 6.45) is 0. The SMILES string of the molecule is O=C(O)c1ccc(I)cc1[Si](c1ccccc1)(c1ccccc1)c1cc(I)ccc1C(=O)O. The highest BCUT2D eigenvalue weighted by Crippen LogP contribution is 2.18. The number of hydrogen-bond acceptors (Lipinski definition) is 2. The lowest BCUT2D eigenvalue weighted by molar-refractivity contribution is 0.0688. The van der Waals surface area contributed by atoms with Crippen molar-refractivity contribution < 1.29 is 19.8 Å². The molecule has 0 amide bonds. The smallest absolute Gasteiger partial charge is 0.335 e. The average Bonchev–Trinajstić information content (AvgIpc) is 2.81. The molecule has 0 aromatic heterocycles. The van der Waals surface area contributed by atoms with Crippen LogP contribution in [-0.4, -0.2) is 30.2 Å². The predicted molar refractivity (Wildman–Crippen MR) is 149 cm³/mol. The van der Waals surface area contributed by atoms with E-state index >= 15 is 0 Å². The first-order valence-electron chi connectivity index (χ1n) is 10.0. The largest absolute Gasteiger partial charge is 0.478 e. The minimum Gasteiger partial charge on any atom is -0.478 e. The third-order valence-electron chi connectivity index (χ3n) is 5.65. The molecule has 0 unspecified atom stereocenters. The summed E-state index contributed by atoms with van der Waals surface area (Å²) in [4.78, 5) is 24.9. The van der Waals surface area contributed by atoms with Crippen molar-refractivity contribution in [2.24, 2.45) is 0 Å². The Morgan fingerprint density at radius 2 is 0.939 bits per heavy atom. The molecular weight excluding hydrogens is 658 g/mol. The summed E-state index contributed by atoms with van der Waals surface area (Å²) in [6.45, 7) is 0. The van der Waals surface area contributed by atoms with Gasteiger partial charge < -0.3 is 10.2 Å². The number of aromatic carboxylic acids is 2. The molecule has 0 heterocycles. The van der Waals surface area contributed by atoms with Crippen molar-refractivity contribution in [1.82, 2.24) is 0 Å². The number of benzene rings is 4. The molecule has 0 bridgehead atoms. The summed E-state index contributed by atoms with van der Waals surface area (Å²) in [6, 6.07) is 30.0. The summed E-state index contributed by atoms with van der Waals surface area (Å²) in [5, 5.41) is 23.5. The zero-order valence-corrected chi connectivity index (χ0v) is 22.5. The van der Waals surface area contributed by atoms with E-state index in [9.17, 15) is 19.8 Å². The number of rotatable bonds is 6. The first-order chi connectivity index (χ1) is 15.9. The fourth-order valence-electron chi connectivity index (χ4n) is 4.34. The molecule has 0 saturated carbocycles. The van der Waals surface area contributed by atoms with E-state index < -0.39 is 20.0 Å². The lowest BCUT2D eigenvalue weighted by atomic mass is 10.2. The van der Waals surface area contributed by atoms with Crippen molar-refractivity contribution in [3.05, 3.63) is 115 Å². The third kappa shape index (κ3) is 4.36. The Balaban J connectivity index is 2.31. The molecule has 0 radical (unpaired) electrons. The van der Waals surface area contributed by atoms with E-state index in [2.05, 4.69) is 45.2 Å². The van der Waals surface area contributed by atoms with Crippen LogP contribution in [0, 0.1) is 7.14 Å². The van der Waals surface area contributed by atoms with Crippen molar-refractivity contribution in [3.8, 4) is 0 Å². The summed E-state index contributed by atoms with van der Waals surface area (Å²) < 4.78 is 1.78. The third-order valence-corrected chi connectivity index (χ3v) is 11.8. The van der Waals surface area contributed by atoms with Gasteiger partial charge in [0.05, 0.1) is 11.1 Å². The first kappa shape index (κ1) is 23.6. The maximum atomic E-state index is 12.5. The normalized spacial score (nSPS) is 11.2. The summed E-state index contributed by atoms with van der Waals surface area (Å²) in [5.41, 5.74) is 0.370. The van der Waals surface area contributed by atoms with E-state index in [0.717, 1.165) is 17.5 Å². The van der Waals surface area contributed by atoms with Crippen LogP contribution in [0.15, 0.2) is 97.1 Å². The average molecular weight is 676 g/mol. The van der Waals surface area contributed by atoms with E-state index in [1.807, 2.05) is 72.8 Å². The number of carboxylic acids is 2. The molecule has 2 N–H and O–H groups in total. The van der Waals surface area contributed by atoms with E-state index in [1.54, 1.807) is 24.3 Å². The van der Waals surface area contributed by atoms with Crippen LogP contribution in [0.4, 0.5) is 0 Å². The molecular formula is C26H18I2O4Si. The van der Waals surface area contributed by atoms with Gasteiger partial charge >= 0.3 is 11.9 Å². The van der Waals surface area contributed by atoms with Gasteiger partial charge in [-0.3, -0.25) is 0 Å². The quantitative estimate of drug-likeness (QED) is 0.186. The predicted octanol–water partition coefficient (Wildman–Crippen LogP) is 3.67. The fourth-order valence-corrected chi connectivity index (χ4v) is 11.1. The molecule has 7 heteroatoms. The van der Waals surface area contributed by atoms with Crippen molar-refractivity contribution in [3.63, 3.8) is 0 Å². The van der Waals surface area contributed by atoms with E-state index in [0.29, 0.717) is 10.4 Å². The highest BCUT2D eigenvalue weighted by Gasteiger charge is 2.46. The maximum Gasteiger partial charge on any atom is 0.335 e. The summed E-state index contributed by atoms with van der Waals surface area (Å²) in [5.74, 6) is -2.07. The number of halogens is 2. The van der Waals surface area contributed by atoms with Crippen molar-refractivity contribution in [2.45, 2.75) is 0 Å². The molecule has 4 nitrogen and oxygen atoms in total. The monoisotopic (exact) mass is 676 g/mol. The highest BCUT2D eigenvalue weighted by atomic mass is 127. The van der Waals surface area contributed by atoms with Crippen LogP contribution in [0.2, 0.25) is 0 Å². The standard InChI is InChI=1S/C26H18I2O4Si/c27-17-11-13-21(25(29)30)23(15-17)33(19-7-3-1-4-8-19,20-9-5-2-6-10-20)24-16-18(28)12-14-22(24)26(31)32/h1-16H,(H,29,30)(H,31,32). The number of hydrogen-bond donors (Lipinski definition) is 2. The van der Waals surface area contributed by atoms with Crippen molar-refractivity contribution in [1.29, 1.82) is 0 Å². The molecule has 4 rings (SSSR count). The molecule has 0 aliphatic heterocycles. The lowest BCUT2D eigenvalue weighted by Gasteiger charge is -2.36. The van der Waals surface area contributed by atoms with E-state index in [1.165, 1.54) is 0 Å². The molecule has 0 fully saturated rings. The van der Waals surface area contributed by atoms with Gasteiger partial charge in [0.15, 0.2) is 8.07 Å². The fraction of sp³-hybridized carbons (Fsp3) is 0. The van der Waals surface area contributed by atoms with Crippen molar-refractivity contribution in [2.75, 3.05) is 0 Å². The van der Waals surface area contributed by atoms with Crippen molar-refractivity contribution >= 4 is 85.9 Å². The van der Waals surface area contributed by atoms with E-state index in [4.69, 9.17) is 0 Å². The zero-order valence-electron chi connectivity index (χ0n) is 17.2. The minimum absolute atomic E-state index is 0.185. The van der Waals surface area contributed by atoms with Crippen LogP contribution >= 0.6 is 45.2 Å². The second-order valence-corrected chi connectivity index (χ2v) is 13.7. The summed E-state index contributed by atoms with van der Waals surface area (Å²) >= 11 is 4.37. The van der Waals surface area contributed by atoms with Crippen LogP contribution in [0.5, 0.6) is 0 Å². The topological polar surface area (TPSA) is 74.6 Å². The number of carboxylic acid groups (broad SMARTS) is 2. The second kappa shape index (κ2) is 9.78. The van der Waals surface area contributed by atoms with Gasteiger partial charge in [-0.15, -0.1) is 0 Å². The Hall–Kier alpha value is -2.50. The highest BCUT2D eigenvalue weighted by molar-refractivity contribution is 14.1. The van der Waals surface area contributed by atoms with Crippen LogP contribution in [0.3, 0.4) is 0 Å².